The summed E-state index contributed by atoms with van der Waals surface area (Å²) in [7, 11) is 0. The summed E-state index contributed by atoms with van der Waals surface area (Å²) in [6.07, 6.45) is -1.01. The molecule has 0 bridgehead atoms. The van der Waals surface area contributed by atoms with Crippen LogP contribution in [0, 0.1) is 11.8 Å². The molecule has 2 amide bonds. The van der Waals surface area contributed by atoms with E-state index >= 15 is 0 Å². The second-order valence-electron chi connectivity index (χ2n) is 9.08. The van der Waals surface area contributed by atoms with Crippen molar-refractivity contribution >= 4 is 40.7 Å². The second kappa shape index (κ2) is 7.25. The maximum atomic E-state index is 14.0. The van der Waals surface area contributed by atoms with Crippen LogP contribution in [-0.4, -0.2) is 35.8 Å². The first kappa shape index (κ1) is 21.3. The molecule has 3 aromatic carbocycles. The Kier molecular flexibility index (Phi) is 4.29. The average molecular weight is 502 g/mol. The largest absolute Gasteiger partial charge is 0.454 e. The van der Waals surface area contributed by atoms with Gasteiger partial charge in [-0.2, -0.15) is 0 Å². The van der Waals surface area contributed by atoms with Gasteiger partial charge in [-0.1, -0.05) is 48.0 Å². The highest BCUT2D eigenvalue weighted by Gasteiger charge is 2.74. The van der Waals surface area contributed by atoms with Crippen LogP contribution in [-0.2, 0) is 14.3 Å². The monoisotopic (exact) mass is 501 g/mol. The predicted octanol–water partition coefficient (Wildman–Crippen LogP) is 3.76. The average Bonchev–Trinajstić information content (AvgIpc) is 3.61. The van der Waals surface area contributed by atoms with E-state index in [1.54, 1.807) is 48.5 Å². The summed E-state index contributed by atoms with van der Waals surface area (Å²) >= 11 is 6.06. The van der Waals surface area contributed by atoms with Crippen LogP contribution < -0.4 is 14.4 Å². The van der Waals surface area contributed by atoms with Gasteiger partial charge in [0.15, 0.2) is 11.5 Å². The highest BCUT2D eigenvalue weighted by atomic mass is 35.5. The van der Waals surface area contributed by atoms with E-state index in [9.17, 15) is 19.2 Å². The lowest BCUT2D eigenvalue weighted by molar-refractivity contribution is -0.127. The molecule has 7 rings (SSSR count). The van der Waals surface area contributed by atoms with Crippen molar-refractivity contribution in [3.63, 3.8) is 0 Å². The summed E-state index contributed by atoms with van der Waals surface area (Å²) in [5, 5.41) is 0.472. The van der Waals surface area contributed by atoms with Gasteiger partial charge in [0.05, 0.1) is 23.6 Å². The van der Waals surface area contributed by atoms with Gasteiger partial charge in [0, 0.05) is 22.2 Å². The standard InChI is InChI=1S/C27H16ClNO7/c28-14-7-5-13(6-8-14)22-20-21(27(36-22)23(30)16-3-1-2-4-17(16)24(27)31)26(33)29(25(20)32)15-9-10-18-19(11-15)35-12-34-18/h1-11,20-22H,12H2/t20-,21-,22-/m1/s1. The summed E-state index contributed by atoms with van der Waals surface area (Å²) < 4.78 is 17.0. The summed E-state index contributed by atoms with van der Waals surface area (Å²) in [6.45, 7) is 0.0305. The number of benzene rings is 3. The van der Waals surface area contributed by atoms with E-state index in [0.717, 1.165) is 4.90 Å². The van der Waals surface area contributed by atoms with E-state index in [-0.39, 0.29) is 23.6 Å². The van der Waals surface area contributed by atoms with Crippen LogP contribution in [0.3, 0.4) is 0 Å². The fraction of sp³-hybridized carbons (Fsp3) is 0.185. The first-order valence-corrected chi connectivity index (χ1v) is 11.7. The van der Waals surface area contributed by atoms with E-state index in [1.165, 1.54) is 18.2 Å². The Morgan fingerprint density at radius 3 is 2.17 bits per heavy atom. The van der Waals surface area contributed by atoms with Gasteiger partial charge in [0.2, 0.25) is 35.8 Å². The van der Waals surface area contributed by atoms with E-state index < -0.39 is 46.9 Å². The lowest BCUT2D eigenvalue weighted by Crippen LogP contribution is -2.51. The molecule has 3 heterocycles. The van der Waals surface area contributed by atoms with Gasteiger partial charge in [-0.25, -0.2) is 4.90 Å². The molecule has 178 valence electrons. The molecule has 0 unspecified atom stereocenters. The maximum Gasteiger partial charge on any atom is 0.241 e. The predicted molar refractivity (Wildman–Crippen MR) is 125 cm³/mol. The van der Waals surface area contributed by atoms with Crippen LogP contribution in [0.25, 0.3) is 0 Å². The summed E-state index contributed by atoms with van der Waals surface area (Å²) in [5.41, 5.74) is -0.962. The van der Waals surface area contributed by atoms with Gasteiger partial charge >= 0.3 is 0 Å². The van der Waals surface area contributed by atoms with Crippen LogP contribution in [0.2, 0.25) is 5.02 Å². The zero-order valence-electron chi connectivity index (χ0n) is 18.5. The Hall–Kier alpha value is -4.01. The van der Waals surface area contributed by atoms with Gasteiger partial charge in [-0.15, -0.1) is 0 Å². The number of rotatable bonds is 2. The molecule has 0 radical (unpaired) electrons. The van der Waals surface area contributed by atoms with Crippen LogP contribution in [0.5, 0.6) is 11.5 Å². The van der Waals surface area contributed by atoms with Crippen molar-refractivity contribution < 1.29 is 33.4 Å². The zero-order chi connectivity index (χ0) is 24.8. The van der Waals surface area contributed by atoms with Gasteiger partial charge in [-0.3, -0.25) is 19.2 Å². The van der Waals surface area contributed by atoms with Crippen molar-refractivity contribution in [2.45, 2.75) is 11.7 Å². The van der Waals surface area contributed by atoms with Crippen molar-refractivity contribution in [2.24, 2.45) is 11.8 Å². The zero-order valence-corrected chi connectivity index (χ0v) is 19.2. The molecule has 2 fully saturated rings. The Bertz CT molecular complexity index is 1480. The van der Waals surface area contributed by atoms with Crippen molar-refractivity contribution in [1.29, 1.82) is 0 Å². The molecule has 2 saturated heterocycles. The lowest BCUT2D eigenvalue weighted by Gasteiger charge is -2.27. The number of Topliss-reactive ketones (excluding diaryl/α,β-unsaturated/α-hetero) is 2. The van der Waals surface area contributed by atoms with Crippen LogP contribution >= 0.6 is 11.6 Å². The molecule has 4 aliphatic rings. The number of halogens is 1. The number of imide groups is 1. The molecule has 36 heavy (non-hydrogen) atoms. The third-order valence-electron chi connectivity index (χ3n) is 7.33. The molecule has 3 atom stereocenters. The fourth-order valence-electron chi connectivity index (χ4n) is 5.75. The molecule has 0 aromatic heterocycles. The van der Waals surface area contributed by atoms with Gasteiger partial charge in [0.1, 0.15) is 0 Å². The summed E-state index contributed by atoms with van der Waals surface area (Å²) in [5.74, 6) is -3.98. The third-order valence-corrected chi connectivity index (χ3v) is 7.58. The molecule has 1 spiro atoms. The van der Waals surface area contributed by atoms with E-state index in [4.69, 9.17) is 25.8 Å². The quantitative estimate of drug-likeness (QED) is 0.389. The molecule has 3 aromatic rings. The van der Waals surface area contributed by atoms with Gasteiger partial charge < -0.3 is 14.2 Å². The topological polar surface area (TPSA) is 99.2 Å². The number of amides is 2. The SMILES string of the molecule is O=C1[C@H]2[C@@H](c3ccc(Cl)cc3)OC3(C(=O)c4ccccc4C3=O)[C@H]2C(=O)N1c1ccc2c(c1)OCO2. The number of carbonyl (C=O) groups excluding carboxylic acids is 4. The number of hydrogen-bond acceptors (Lipinski definition) is 7. The van der Waals surface area contributed by atoms with E-state index in [2.05, 4.69) is 0 Å². The molecule has 8 nitrogen and oxygen atoms in total. The van der Waals surface area contributed by atoms with Crippen LogP contribution in [0.15, 0.2) is 66.7 Å². The highest BCUT2D eigenvalue weighted by Crippen LogP contribution is 2.58. The number of carbonyl (C=O) groups is 4. The number of hydrogen-bond donors (Lipinski definition) is 0. The minimum atomic E-state index is -2.13. The molecule has 1 aliphatic carbocycles. The maximum absolute atomic E-state index is 14.0. The normalized spacial score (nSPS) is 25.1. The smallest absolute Gasteiger partial charge is 0.241 e. The van der Waals surface area contributed by atoms with Crippen molar-refractivity contribution in [1.82, 2.24) is 0 Å². The number of ether oxygens (including phenoxy) is 3. The Balaban J connectivity index is 1.40. The molecular formula is C27H16ClNO7. The molecule has 0 N–H and O–H groups in total. The number of ketones is 2. The highest BCUT2D eigenvalue weighted by molar-refractivity contribution is 6.37. The summed E-state index contributed by atoms with van der Waals surface area (Å²) in [6, 6.07) is 17.7. The lowest BCUT2D eigenvalue weighted by atomic mass is 9.77. The number of anilines is 1. The fourth-order valence-corrected chi connectivity index (χ4v) is 5.88. The second-order valence-corrected chi connectivity index (χ2v) is 9.52. The molecular weight excluding hydrogens is 486 g/mol. The van der Waals surface area contributed by atoms with E-state index in [0.29, 0.717) is 22.1 Å². The third kappa shape index (κ3) is 2.57. The first-order valence-electron chi connectivity index (χ1n) is 11.3. The van der Waals surface area contributed by atoms with Crippen molar-refractivity contribution in [3.8, 4) is 11.5 Å². The number of nitrogens with zero attached hydrogens (tertiary/aromatic N) is 1. The minimum absolute atomic E-state index is 0.0305. The Labute approximate surface area is 209 Å². The minimum Gasteiger partial charge on any atom is -0.454 e. The Morgan fingerprint density at radius 1 is 0.806 bits per heavy atom. The van der Waals surface area contributed by atoms with Crippen molar-refractivity contribution in [3.05, 3.63) is 88.4 Å². The first-order chi connectivity index (χ1) is 17.4. The molecule has 0 saturated carbocycles. The molecule has 9 heteroatoms. The number of fused-ring (bicyclic) bond motifs is 4. The Morgan fingerprint density at radius 2 is 1.47 bits per heavy atom. The van der Waals surface area contributed by atoms with Crippen molar-refractivity contribution in [2.75, 3.05) is 11.7 Å². The van der Waals surface area contributed by atoms with Crippen LogP contribution in [0.4, 0.5) is 5.69 Å². The summed E-state index contributed by atoms with van der Waals surface area (Å²) in [4.78, 5) is 56.4. The molecule has 3 aliphatic heterocycles. The van der Waals surface area contributed by atoms with E-state index in [1.807, 2.05) is 0 Å². The van der Waals surface area contributed by atoms with Gasteiger partial charge in [-0.05, 0) is 29.8 Å². The van der Waals surface area contributed by atoms with Crippen LogP contribution in [0.1, 0.15) is 32.4 Å². The van der Waals surface area contributed by atoms with Gasteiger partial charge in [0.25, 0.3) is 0 Å².